The zero-order valence-corrected chi connectivity index (χ0v) is 6.88. The van der Waals surface area contributed by atoms with Crippen molar-refractivity contribution in [1.29, 1.82) is 5.26 Å². The third-order valence-electron chi connectivity index (χ3n) is 3.59. The second-order valence-corrected chi connectivity index (χ2v) is 4.33. The van der Waals surface area contributed by atoms with Gasteiger partial charge in [-0.2, -0.15) is 5.26 Å². The molecule has 2 fully saturated rings. The third-order valence-corrected chi connectivity index (χ3v) is 3.59. The van der Waals surface area contributed by atoms with Gasteiger partial charge in [-0.15, -0.1) is 0 Å². The van der Waals surface area contributed by atoms with Gasteiger partial charge in [0.15, 0.2) is 0 Å². The maximum absolute atomic E-state index is 8.94. The Morgan fingerprint density at radius 1 is 1.55 bits per heavy atom. The van der Waals surface area contributed by atoms with Crippen molar-refractivity contribution in [3.05, 3.63) is 0 Å². The van der Waals surface area contributed by atoms with Gasteiger partial charge in [-0.05, 0) is 38.0 Å². The summed E-state index contributed by atoms with van der Waals surface area (Å²) in [4.78, 5) is 0. The predicted molar refractivity (Wildman–Crippen MR) is 42.5 cm³/mol. The van der Waals surface area contributed by atoms with Crippen molar-refractivity contribution in [2.45, 2.75) is 32.2 Å². The molecule has 2 aliphatic carbocycles. The second kappa shape index (κ2) is 1.98. The summed E-state index contributed by atoms with van der Waals surface area (Å²) < 4.78 is 0. The van der Waals surface area contributed by atoms with Crippen LogP contribution in [0.3, 0.4) is 0 Å². The number of hydrogen-bond acceptors (Lipinski definition) is 2. The van der Waals surface area contributed by atoms with E-state index >= 15 is 0 Å². The molecule has 0 saturated heterocycles. The lowest BCUT2D eigenvalue weighted by molar-refractivity contribution is 0.249. The molecule has 0 aromatic carbocycles. The topological polar surface area (TPSA) is 49.8 Å². The van der Waals surface area contributed by atoms with Crippen molar-refractivity contribution in [2.75, 3.05) is 0 Å². The van der Waals surface area contributed by atoms with Crippen LogP contribution >= 0.6 is 0 Å². The first-order valence-electron chi connectivity index (χ1n) is 4.32. The highest BCUT2D eigenvalue weighted by atomic mass is 14.7. The molecule has 2 N–H and O–H groups in total. The highest BCUT2D eigenvalue weighted by Crippen LogP contribution is 2.54. The van der Waals surface area contributed by atoms with Gasteiger partial charge in [-0.1, -0.05) is 0 Å². The molecule has 4 atom stereocenters. The van der Waals surface area contributed by atoms with Gasteiger partial charge in [0, 0.05) is 6.04 Å². The molecule has 0 aliphatic heterocycles. The summed E-state index contributed by atoms with van der Waals surface area (Å²) in [6.07, 6.45) is 3.31. The summed E-state index contributed by atoms with van der Waals surface area (Å²) in [7, 11) is 0. The Hall–Kier alpha value is -0.550. The Balaban J connectivity index is 2.21. The molecule has 0 amide bonds. The SMILES string of the molecule is C[C@]1(C#N)C[C@H]2C[C@H]1C[C@@H]2N. The maximum atomic E-state index is 8.94. The van der Waals surface area contributed by atoms with Gasteiger partial charge in [0.05, 0.1) is 11.5 Å². The largest absolute Gasteiger partial charge is 0.327 e. The molecule has 0 spiro atoms. The zero-order chi connectivity index (χ0) is 8.06. The fourth-order valence-electron chi connectivity index (χ4n) is 2.76. The van der Waals surface area contributed by atoms with E-state index in [1.807, 2.05) is 0 Å². The molecule has 2 heteroatoms. The van der Waals surface area contributed by atoms with Crippen LogP contribution in [0.2, 0.25) is 0 Å². The van der Waals surface area contributed by atoms with E-state index in [9.17, 15) is 0 Å². The lowest BCUT2D eigenvalue weighted by Gasteiger charge is -2.29. The van der Waals surface area contributed by atoms with E-state index in [-0.39, 0.29) is 5.41 Å². The highest BCUT2D eigenvalue weighted by Gasteiger charge is 2.51. The van der Waals surface area contributed by atoms with Gasteiger partial charge < -0.3 is 5.73 Å². The van der Waals surface area contributed by atoms with Crippen LogP contribution in [0.15, 0.2) is 0 Å². The quantitative estimate of drug-likeness (QED) is 0.565. The van der Waals surface area contributed by atoms with Crippen molar-refractivity contribution < 1.29 is 0 Å². The summed E-state index contributed by atoms with van der Waals surface area (Å²) in [6, 6.07) is 2.83. The van der Waals surface area contributed by atoms with E-state index in [0.717, 1.165) is 12.8 Å². The lowest BCUT2D eigenvalue weighted by Crippen LogP contribution is -2.34. The van der Waals surface area contributed by atoms with E-state index in [2.05, 4.69) is 13.0 Å². The number of nitrogens with zero attached hydrogens (tertiary/aromatic N) is 1. The Morgan fingerprint density at radius 2 is 2.27 bits per heavy atom. The molecule has 0 heterocycles. The minimum atomic E-state index is -0.0411. The smallest absolute Gasteiger partial charge is 0.0689 e. The van der Waals surface area contributed by atoms with Crippen LogP contribution in [0.5, 0.6) is 0 Å². The van der Waals surface area contributed by atoms with Gasteiger partial charge in [-0.25, -0.2) is 0 Å². The fourth-order valence-corrected chi connectivity index (χ4v) is 2.76. The Labute approximate surface area is 67.4 Å². The van der Waals surface area contributed by atoms with Gasteiger partial charge in [0.1, 0.15) is 0 Å². The average Bonchev–Trinajstić information content (AvgIpc) is 2.45. The molecular formula is C9H14N2. The maximum Gasteiger partial charge on any atom is 0.0689 e. The first-order valence-corrected chi connectivity index (χ1v) is 4.32. The lowest BCUT2D eigenvalue weighted by atomic mass is 9.75. The van der Waals surface area contributed by atoms with Crippen LogP contribution in [0, 0.1) is 28.6 Å². The molecule has 11 heavy (non-hydrogen) atoms. The molecular weight excluding hydrogens is 136 g/mol. The number of rotatable bonds is 0. The zero-order valence-electron chi connectivity index (χ0n) is 6.88. The average molecular weight is 150 g/mol. The van der Waals surface area contributed by atoms with Gasteiger partial charge in [0.2, 0.25) is 0 Å². The Kier molecular flexibility index (Phi) is 1.28. The highest BCUT2D eigenvalue weighted by molar-refractivity contribution is 5.12. The van der Waals surface area contributed by atoms with Gasteiger partial charge in [-0.3, -0.25) is 0 Å². The summed E-state index contributed by atoms with van der Waals surface area (Å²) in [5.41, 5.74) is 5.85. The second-order valence-electron chi connectivity index (χ2n) is 4.33. The normalized spacial score (nSPS) is 54.5. The third kappa shape index (κ3) is 0.810. The summed E-state index contributed by atoms with van der Waals surface area (Å²) in [5, 5.41) is 8.94. The van der Waals surface area contributed by atoms with Crippen LogP contribution in [-0.4, -0.2) is 6.04 Å². The summed E-state index contributed by atoms with van der Waals surface area (Å²) in [6.45, 7) is 2.09. The van der Waals surface area contributed by atoms with Crippen molar-refractivity contribution in [2.24, 2.45) is 23.0 Å². The molecule has 60 valence electrons. The van der Waals surface area contributed by atoms with E-state index in [1.165, 1.54) is 6.42 Å². The number of nitrogens with two attached hydrogens (primary N) is 1. The van der Waals surface area contributed by atoms with Crippen molar-refractivity contribution in [1.82, 2.24) is 0 Å². The molecule has 0 aromatic heterocycles. The van der Waals surface area contributed by atoms with Gasteiger partial charge in [0.25, 0.3) is 0 Å². The van der Waals surface area contributed by atoms with Crippen molar-refractivity contribution in [3.63, 3.8) is 0 Å². The first kappa shape index (κ1) is 7.12. The van der Waals surface area contributed by atoms with Crippen LogP contribution in [-0.2, 0) is 0 Å². The van der Waals surface area contributed by atoms with E-state index in [1.54, 1.807) is 0 Å². The standard InChI is InChI=1S/C9H14N2/c1-9(5-10)4-6-2-7(9)3-8(6)11/h6-8H,2-4,11H2,1H3/t6-,7+,8+,9-/m1/s1. The number of nitriles is 1. The van der Waals surface area contributed by atoms with E-state index in [0.29, 0.717) is 17.9 Å². The van der Waals surface area contributed by atoms with E-state index < -0.39 is 0 Å². The predicted octanol–water partition coefficient (Wildman–Crippen LogP) is 1.27. The van der Waals surface area contributed by atoms with Crippen LogP contribution in [0.1, 0.15) is 26.2 Å². The monoisotopic (exact) mass is 150 g/mol. The first-order chi connectivity index (χ1) is 5.15. The molecule has 0 radical (unpaired) electrons. The van der Waals surface area contributed by atoms with Crippen LogP contribution in [0.4, 0.5) is 0 Å². The van der Waals surface area contributed by atoms with Crippen molar-refractivity contribution in [3.8, 4) is 6.07 Å². The summed E-state index contributed by atoms with van der Waals surface area (Å²) in [5.74, 6) is 1.23. The molecule has 2 bridgehead atoms. The molecule has 0 unspecified atom stereocenters. The van der Waals surface area contributed by atoms with Gasteiger partial charge >= 0.3 is 0 Å². The molecule has 2 nitrogen and oxygen atoms in total. The molecule has 2 rings (SSSR count). The van der Waals surface area contributed by atoms with Crippen LogP contribution in [0.25, 0.3) is 0 Å². The Morgan fingerprint density at radius 3 is 2.64 bits per heavy atom. The van der Waals surface area contributed by atoms with E-state index in [4.69, 9.17) is 11.0 Å². The molecule has 2 saturated carbocycles. The summed E-state index contributed by atoms with van der Waals surface area (Å²) >= 11 is 0. The number of fused-ring (bicyclic) bond motifs is 2. The Bertz CT molecular complexity index is 216. The van der Waals surface area contributed by atoms with Crippen LogP contribution < -0.4 is 5.73 Å². The molecule has 0 aromatic rings. The van der Waals surface area contributed by atoms with Crippen molar-refractivity contribution >= 4 is 0 Å². The molecule has 2 aliphatic rings. The number of hydrogen-bond donors (Lipinski definition) is 1. The minimum absolute atomic E-state index is 0.0411. The fraction of sp³-hybridized carbons (Fsp3) is 0.889. The minimum Gasteiger partial charge on any atom is -0.327 e.